The van der Waals surface area contributed by atoms with Crippen LogP contribution in [-0.4, -0.2) is 18.2 Å². The molecule has 0 heterocycles. The van der Waals surface area contributed by atoms with Gasteiger partial charge in [-0.1, -0.05) is 37.3 Å². The summed E-state index contributed by atoms with van der Waals surface area (Å²) in [5, 5.41) is 9.59. The van der Waals surface area contributed by atoms with Gasteiger partial charge in [0, 0.05) is 5.41 Å². The minimum Gasteiger partial charge on any atom is -0.497 e. The molecule has 2 unspecified atom stereocenters. The van der Waals surface area contributed by atoms with Gasteiger partial charge in [0.05, 0.1) is 13.0 Å². The molecule has 4 nitrogen and oxygen atoms in total. The van der Waals surface area contributed by atoms with Gasteiger partial charge in [0.15, 0.2) is 0 Å². The molecule has 3 aromatic carbocycles. The number of carboxylic acid groups (broad SMARTS) is 1. The molecular weight excluding hydrogens is 376 g/mol. The van der Waals surface area contributed by atoms with E-state index < -0.39 is 5.97 Å². The molecule has 1 spiro atoms. The van der Waals surface area contributed by atoms with Crippen LogP contribution in [0.5, 0.6) is 17.2 Å². The van der Waals surface area contributed by atoms with E-state index in [9.17, 15) is 9.90 Å². The molecule has 152 valence electrons. The van der Waals surface area contributed by atoms with Crippen molar-refractivity contribution in [2.24, 2.45) is 11.8 Å². The van der Waals surface area contributed by atoms with Gasteiger partial charge < -0.3 is 14.6 Å². The fourth-order valence-corrected chi connectivity index (χ4v) is 5.26. The Morgan fingerprint density at radius 2 is 1.73 bits per heavy atom. The molecule has 0 amide bonds. The van der Waals surface area contributed by atoms with Crippen LogP contribution in [-0.2, 0) is 16.6 Å². The van der Waals surface area contributed by atoms with Crippen LogP contribution >= 0.6 is 0 Å². The van der Waals surface area contributed by atoms with Crippen LogP contribution in [0.3, 0.4) is 0 Å². The smallest absolute Gasteiger partial charge is 0.307 e. The Morgan fingerprint density at radius 3 is 2.43 bits per heavy atom. The van der Waals surface area contributed by atoms with Gasteiger partial charge >= 0.3 is 5.97 Å². The third-order valence-electron chi connectivity index (χ3n) is 6.91. The number of carbonyl (C=O) groups is 1. The summed E-state index contributed by atoms with van der Waals surface area (Å²) in [4.78, 5) is 11.7. The van der Waals surface area contributed by atoms with Gasteiger partial charge in [-0.3, -0.25) is 4.79 Å². The van der Waals surface area contributed by atoms with Gasteiger partial charge in [0.2, 0.25) is 0 Å². The molecule has 30 heavy (non-hydrogen) atoms. The molecule has 3 aromatic rings. The third-order valence-corrected chi connectivity index (χ3v) is 6.91. The van der Waals surface area contributed by atoms with Crippen LogP contribution in [0.15, 0.2) is 66.7 Å². The summed E-state index contributed by atoms with van der Waals surface area (Å²) in [7, 11) is 1.66. The van der Waals surface area contributed by atoms with Crippen molar-refractivity contribution in [3.05, 3.63) is 77.9 Å². The predicted octanol–water partition coefficient (Wildman–Crippen LogP) is 5.69. The van der Waals surface area contributed by atoms with E-state index in [-0.39, 0.29) is 17.3 Å². The molecule has 0 radical (unpaired) electrons. The average molecular weight is 400 g/mol. The highest BCUT2D eigenvalue weighted by molar-refractivity contribution is 5.79. The molecule has 0 aromatic heterocycles. The number of hydrogen-bond acceptors (Lipinski definition) is 3. The molecule has 1 saturated carbocycles. The number of aliphatic carboxylic acids is 1. The normalized spacial score (nSPS) is 23.8. The lowest BCUT2D eigenvalue weighted by Gasteiger charge is -2.13. The van der Waals surface area contributed by atoms with E-state index in [0.29, 0.717) is 0 Å². The first kappa shape index (κ1) is 18.7. The number of hydrogen-bond donors (Lipinski definition) is 1. The fraction of sp³-hybridized carbons (Fsp3) is 0.269. The Hall–Kier alpha value is -3.27. The van der Waals surface area contributed by atoms with Crippen LogP contribution < -0.4 is 9.47 Å². The van der Waals surface area contributed by atoms with Gasteiger partial charge in [0.25, 0.3) is 0 Å². The number of rotatable bonds is 5. The number of aryl methyl sites for hydroxylation is 1. The van der Waals surface area contributed by atoms with Crippen molar-refractivity contribution in [3.8, 4) is 28.4 Å². The first-order chi connectivity index (χ1) is 14.5. The van der Waals surface area contributed by atoms with Crippen molar-refractivity contribution in [2.45, 2.75) is 25.2 Å². The lowest BCUT2D eigenvalue weighted by atomic mass is 9.93. The van der Waals surface area contributed by atoms with E-state index in [1.165, 1.54) is 5.56 Å². The Labute approximate surface area is 176 Å². The third kappa shape index (κ3) is 2.86. The first-order valence-electron chi connectivity index (χ1n) is 10.3. The van der Waals surface area contributed by atoms with Gasteiger partial charge in [-0.05, 0) is 77.4 Å². The molecule has 3 atom stereocenters. The summed E-state index contributed by atoms with van der Waals surface area (Å²) in [6.07, 6.45) is 1.86. The van der Waals surface area contributed by atoms with E-state index in [1.54, 1.807) is 7.11 Å². The summed E-state index contributed by atoms with van der Waals surface area (Å²) in [6.45, 7) is 2.05. The summed E-state index contributed by atoms with van der Waals surface area (Å²) >= 11 is 0. The zero-order valence-electron chi connectivity index (χ0n) is 17.1. The quantitative estimate of drug-likeness (QED) is 0.598. The average Bonchev–Trinajstić information content (AvgIpc) is 3.20. The SMILES string of the molecule is COc1cccc(-c2ccc(Oc3ccc4c(c3)C3(CC4)C(C(=O)O)[C@@H]3C)cc2)c1. The Morgan fingerprint density at radius 1 is 0.967 bits per heavy atom. The summed E-state index contributed by atoms with van der Waals surface area (Å²) in [5.41, 5.74) is 4.38. The van der Waals surface area contributed by atoms with Crippen LogP contribution in [0.1, 0.15) is 24.5 Å². The highest BCUT2D eigenvalue weighted by atomic mass is 16.5. The van der Waals surface area contributed by atoms with Crippen molar-refractivity contribution in [1.29, 1.82) is 0 Å². The molecule has 1 fully saturated rings. The Bertz CT molecular complexity index is 1120. The maximum atomic E-state index is 11.7. The largest absolute Gasteiger partial charge is 0.497 e. The van der Waals surface area contributed by atoms with Gasteiger partial charge in [0.1, 0.15) is 17.2 Å². The summed E-state index contributed by atoms with van der Waals surface area (Å²) < 4.78 is 11.4. The van der Waals surface area contributed by atoms with Gasteiger partial charge in [-0.2, -0.15) is 0 Å². The van der Waals surface area contributed by atoms with Crippen molar-refractivity contribution in [2.75, 3.05) is 7.11 Å². The molecule has 0 bridgehead atoms. The molecule has 1 N–H and O–H groups in total. The van der Waals surface area contributed by atoms with Crippen LogP contribution in [0.25, 0.3) is 11.1 Å². The van der Waals surface area contributed by atoms with Gasteiger partial charge in [-0.15, -0.1) is 0 Å². The van der Waals surface area contributed by atoms with Crippen LogP contribution in [0, 0.1) is 11.8 Å². The van der Waals surface area contributed by atoms with Crippen molar-refractivity contribution >= 4 is 5.97 Å². The molecule has 0 saturated heterocycles. The van der Waals surface area contributed by atoms with Gasteiger partial charge in [-0.25, -0.2) is 0 Å². The van der Waals surface area contributed by atoms with E-state index in [1.807, 2.05) is 54.6 Å². The van der Waals surface area contributed by atoms with E-state index in [4.69, 9.17) is 9.47 Å². The van der Waals surface area contributed by atoms with Crippen LogP contribution in [0.2, 0.25) is 0 Å². The molecule has 2 aliphatic rings. The standard InChI is InChI=1S/C26H24O4/c1-16-24(25(27)28)26(16)13-12-18-8-11-22(15-23(18)26)30-20-9-6-17(7-10-20)19-4-3-5-21(14-19)29-2/h3-11,14-16,24H,12-13H2,1-2H3,(H,27,28)/t16-,24?,26?/m0/s1. The zero-order valence-corrected chi connectivity index (χ0v) is 17.1. The summed E-state index contributed by atoms with van der Waals surface area (Å²) in [5.74, 6) is 1.55. The number of ether oxygens (including phenoxy) is 2. The topological polar surface area (TPSA) is 55.8 Å². The van der Waals surface area contributed by atoms with Crippen molar-refractivity contribution < 1.29 is 19.4 Å². The minimum absolute atomic E-state index is 0.175. The maximum Gasteiger partial charge on any atom is 0.307 e. The molecule has 0 aliphatic heterocycles. The number of methoxy groups -OCH3 is 1. The maximum absolute atomic E-state index is 11.7. The number of fused-ring (bicyclic) bond motifs is 2. The van der Waals surface area contributed by atoms with Crippen molar-refractivity contribution in [1.82, 2.24) is 0 Å². The minimum atomic E-state index is -0.685. The Balaban J connectivity index is 1.38. The summed E-state index contributed by atoms with van der Waals surface area (Å²) in [6, 6.07) is 22.1. The first-order valence-corrected chi connectivity index (χ1v) is 10.3. The van der Waals surface area contributed by atoms with E-state index in [2.05, 4.69) is 19.1 Å². The highest BCUT2D eigenvalue weighted by Crippen LogP contribution is 2.66. The molecule has 4 heteroatoms. The number of benzene rings is 3. The fourth-order valence-electron chi connectivity index (χ4n) is 5.26. The second kappa shape index (κ2) is 6.91. The second-order valence-corrected chi connectivity index (χ2v) is 8.32. The van der Waals surface area contributed by atoms with E-state index >= 15 is 0 Å². The molecule has 2 aliphatic carbocycles. The zero-order chi connectivity index (χ0) is 20.9. The molecule has 5 rings (SSSR count). The molecular formula is C26H24O4. The predicted molar refractivity (Wildman–Crippen MR) is 115 cm³/mol. The number of carboxylic acids is 1. The van der Waals surface area contributed by atoms with Crippen molar-refractivity contribution in [3.63, 3.8) is 0 Å². The Kier molecular flexibility index (Phi) is 4.31. The lowest BCUT2D eigenvalue weighted by Crippen LogP contribution is -2.11. The highest BCUT2D eigenvalue weighted by Gasteiger charge is 2.68. The second-order valence-electron chi connectivity index (χ2n) is 8.32. The lowest BCUT2D eigenvalue weighted by molar-refractivity contribution is -0.139. The van der Waals surface area contributed by atoms with Crippen LogP contribution in [0.4, 0.5) is 0 Å². The van der Waals surface area contributed by atoms with E-state index in [0.717, 1.165) is 46.8 Å². The monoisotopic (exact) mass is 400 g/mol.